The van der Waals surface area contributed by atoms with Crippen LogP contribution < -0.4 is 10.6 Å². The molecule has 104 valence electrons. The summed E-state index contributed by atoms with van der Waals surface area (Å²) in [7, 11) is 1.55. The lowest BCUT2D eigenvalue weighted by atomic mass is 10.2. The molecule has 0 saturated carbocycles. The molecule has 0 spiro atoms. The molecule has 2 rings (SSSR count). The van der Waals surface area contributed by atoms with E-state index in [9.17, 15) is 9.18 Å². The fourth-order valence-corrected chi connectivity index (χ4v) is 1.76. The summed E-state index contributed by atoms with van der Waals surface area (Å²) >= 11 is 0. The zero-order valence-corrected chi connectivity index (χ0v) is 11.3. The lowest BCUT2D eigenvalue weighted by Crippen LogP contribution is -2.25. The Morgan fingerprint density at radius 3 is 2.80 bits per heavy atom. The Morgan fingerprint density at radius 2 is 2.10 bits per heavy atom. The summed E-state index contributed by atoms with van der Waals surface area (Å²) in [5, 5.41) is 5.25. The summed E-state index contributed by atoms with van der Waals surface area (Å²) in [6.45, 7) is 2.16. The highest BCUT2D eigenvalue weighted by Gasteiger charge is 2.15. The number of nitrogens with one attached hydrogen (secondary N) is 2. The van der Waals surface area contributed by atoms with Gasteiger partial charge in [0.15, 0.2) is 11.6 Å². The van der Waals surface area contributed by atoms with E-state index >= 15 is 0 Å². The van der Waals surface area contributed by atoms with Crippen LogP contribution in [0.2, 0.25) is 0 Å². The maximum atomic E-state index is 13.9. The number of carbonyl (C=O) groups is 1. The van der Waals surface area contributed by atoms with Crippen molar-refractivity contribution in [3.8, 4) is 0 Å². The second-order valence-electron chi connectivity index (χ2n) is 4.22. The van der Waals surface area contributed by atoms with E-state index < -0.39 is 11.7 Å². The van der Waals surface area contributed by atoms with E-state index in [1.807, 2.05) is 19.1 Å². The molecule has 6 heteroatoms. The molecule has 0 bridgehead atoms. The Bertz CT molecular complexity index is 630. The molecular formula is C14H15FN4O. The van der Waals surface area contributed by atoms with E-state index in [2.05, 4.69) is 20.6 Å². The van der Waals surface area contributed by atoms with Crippen LogP contribution in [0, 0.1) is 12.7 Å². The molecule has 0 saturated heterocycles. The second-order valence-corrected chi connectivity index (χ2v) is 4.22. The summed E-state index contributed by atoms with van der Waals surface area (Å²) in [6.07, 6.45) is 3.04. The van der Waals surface area contributed by atoms with Gasteiger partial charge in [-0.2, -0.15) is 0 Å². The predicted molar refractivity (Wildman–Crippen MR) is 73.9 cm³/mol. The number of amides is 1. The third-order valence-corrected chi connectivity index (χ3v) is 2.90. The van der Waals surface area contributed by atoms with Crippen LogP contribution in [0.1, 0.15) is 21.6 Å². The number of nitrogens with zero attached hydrogens (tertiary/aromatic N) is 2. The molecular weight excluding hydrogens is 259 g/mol. The first-order chi connectivity index (χ1) is 9.63. The number of carbonyl (C=O) groups excluding carboxylic acids is 1. The lowest BCUT2D eigenvalue weighted by molar-refractivity contribution is 0.0946. The first kappa shape index (κ1) is 13.9. The first-order valence-electron chi connectivity index (χ1n) is 6.14. The van der Waals surface area contributed by atoms with Crippen LogP contribution in [0.15, 0.2) is 30.6 Å². The fourth-order valence-electron chi connectivity index (χ4n) is 1.76. The summed E-state index contributed by atoms with van der Waals surface area (Å²) in [5.41, 5.74) is 1.68. The van der Waals surface area contributed by atoms with E-state index in [0.29, 0.717) is 0 Å². The average molecular weight is 274 g/mol. The number of hydrogen-bond acceptors (Lipinski definition) is 4. The maximum absolute atomic E-state index is 13.9. The summed E-state index contributed by atoms with van der Waals surface area (Å²) in [4.78, 5) is 19.9. The quantitative estimate of drug-likeness (QED) is 0.893. The number of aryl methyl sites for hydroxylation is 1. The Hall–Kier alpha value is -2.50. The van der Waals surface area contributed by atoms with Crippen LogP contribution in [0.4, 0.5) is 10.2 Å². The van der Waals surface area contributed by atoms with Gasteiger partial charge in [0.2, 0.25) is 0 Å². The highest BCUT2D eigenvalue weighted by Crippen LogP contribution is 2.14. The number of pyridine rings is 2. The van der Waals surface area contributed by atoms with Crippen molar-refractivity contribution in [2.75, 3.05) is 12.4 Å². The summed E-state index contributed by atoms with van der Waals surface area (Å²) in [5.74, 6) is -1.11. The van der Waals surface area contributed by atoms with Gasteiger partial charge in [-0.15, -0.1) is 0 Å². The van der Waals surface area contributed by atoms with Gasteiger partial charge >= 0.3 is 0 Å². The molecule has 0 radical (unpaired) electrons. The van der Waals surface area contributed by atoms with Gasteiger partial charge in [0, 0.05) is 19.4 Å². The molecule has 2 heterocycles. The third kappa shape index (κ3) is 2.90. The Balaban J connectivity index is 2.12. The average Bonchev–Trinajstić information content (AvgIpc) is 2.46. The van der Waals surface area contributed by atoms with Gasteiger partial charge in [0.05, 0.1) is 17.8 Å². The lowest BCUT2D eigenvalue weighted by Gasteiger charge is -2.09. The summed E-state index contributed by atoms with van der Waals surface area (Å²) in [6, 6.07) is 5.07. The molecule has 2 N–H and O–H groups in total. The van der Waals surface area contributed by atoms with Crippen molar-refractivity contribution in [1.82, 2.24) is 15.3 Å². The molecule has 2 aromatic rings. The largest absolute Gasteiger partial charge is 0.371 e. The minimum Gasteiger partial charge on any atom is -0.371 e. The smallest absolute Gasteiger partial charge is 0.254 e. The number of hydrogen-bond donors (Lipinski definition) is 2. The van der Waals surface area contributed by atoms with Crippen molar-refractivity contribution < 1.29 is 9.18 Å². The summed E-state index contributed by atoms with van der Waals surface area (Å²) < 4.78 is 13.9. The first-order valence-corrected chi connectivity index (χ1v) is 6.14. The van der Waals surface area contributed by atoms with Crippen molar-refractivity contribution in [2.45, 2.75) is 13.5 Å². The van der Waals surface area contributed by atoms with Gasteiger partial charge in [-0.1, -0.05) is 6.07 Å². The van der Waals surface area contributed by atoms with E-state index in [0.717, 1.165) is 11.3 Å². The molecule has 5 nitrogen and oxygen atoms in total. The van der Waals surface area contributed by atoms with Gasteiger partial charge < -0.3 is 10.6 Å². The molecule has 2 aromatic heterocycles. The number of halogens is 1. The normalized spacial score (nSPS) is 10.2. The van der Waals surface area contributed by atoms with Crippen LogP contribution in [-0.4, -0.2) is 22.9 Å². The van der Waals surface area contributed by atoms with E-state index in [1.165, 1.54) is 12.3 Å². The maximum Gasteiger partial charge on any atom is 0.254 e. The van der Waals surface area contributed by atoms with Gasteiger partial charge in [0.1, 0.15) is 0 Å². The molecule has 20 heavy (non-hydrogen) atoms. The zero-order valence-electron chi connectivity index (χ0n) is 11.3. The molecule has 0 aromatic carbocycles. The minimum atomic E-state index is -0.662. The minimum absolute atomic E-state index is 0.0436. The highest BCUT2D eigenvalue weighted by molar-refractivity contribution is 5.95. The standard InChI is InChI=1S/C14H15FN4O/c1-9-4-3-6-17-11(9)8-19-14(20)10-5-7-18-13(16-2)12(10)15/h3-7H,8H2,1-2H3,(H,16,18)(H,19,20). The van der Waals surface area contributed by atoms with Crippen molar-refractivity contribution >= 4 is 11.7 Å². The topological polar surface area (TPSA) is 66.9 Å². The number of anilines is 1. The van der Waals surface area contributed by atoms with Crippen LogP contribution >= 0.6 is 0 Å². The molecule has 0 aliphatic rings. The van der Waals surface area contributed by atoms with Crippen molar-refractivity contribution in [2.24, 2.45) is 0 Å². The molecule has 0 aliphatic heterocycles. The Kier molecular flexibility index (Phi) is 4.24. The van der Waals surface area contributed by atoms with E-state index in [4.69, 9.17) is 0 Å². The fraction of sp³-hybridized carbons (Fsp3) is 0.214. The molecule has 0 aliphatic carbocycles. The zero-order chi connectivity index (χ0) is 14.5. The van der Waals surface area contributed by atoms with E-state index in [1.54, 1.807) is 13.2 Å². The number of rotatable bonds is 4. The van der Waals surface area contributed by atoms with Crippen LogP contribution in [0.5, 0.6) is 0 Å². The Morgan fingerprint density at radius 1 is 1.30 bits per heavy atom. The van der Waals surface area contributed by atoms with Crippen molar-refractivity contribution in [1.29, 1.82) is 0 Å². The van der Waals surface area contributed by atoms with Gasteiger partial charge in [-0.05, 0) is 24.6 Å². The second kappa shape index (κ2) is 6.10. The predicted octanol–water partition coefficient (Wildman–Crippen LogP) is 1.90. The van der Waals surface area contributed by atoms with Gasteiger partial charge in [-0.25, -0.2) is 9.37 Å². The third-order valence-electron chi connectivity index (χ3n) is 2.90. The highest BCUT2D eigenvalue weighted by atomic mass is 19.1. The van der Waals surface area contributed by atoms with Gasteiger partial charge in [-0.3, -0.25) is 9.78 Å². The van der Waals surface area contributed by atoms with Crippen LogP contribution in [0.3, 0.4) is 0 Å². The van der Waals surface area contributed by atoms with Crippen molar-refractivity contribution in [3.05, 3.63) is 53.2 Å². The van der Waals surface area contributed by atoms with Gasteiger partial charge in [0.25, 0.3) is 5.91 Å². The van der Waals surface area contributed by atoms with E-state index in [-0.39, 0.29) is 17.9 Å². The monoisotopic (exact) mass is 274 g/mol. The SMILES string of the molecule is CNc1nccc(C(=O)NCc2ncccc2C)c1F. The number of aromatic nitrogens is 2. The van der Waals surface area contributed by atoms with Crippen molar-refractivity contribution in [3.63, 3.8) is 0 Å². The molecule has 0 fully saturated rings. The molecule has 1 amide bonds. The van der Waals surface area contributed by atoms with Crippen LogP contribution in [-0.2, 0) is 6.54 Å². The molecule has 0 atom stereocenters. The van der Waals surface area contributed by atoms with Crippen LogP contribution in [0.25, 0.3) is 0 Å². The molecule has 0 unspecified atom stereocenters. The Labute approximate surface area is 116 Å².